The summed E-state index contributed by atoms with van der Waals surface area (Å²) in [5, 5.41) is 11.8. The molecule has 30 heavy (non-hydrogen) atoms. The van der Waals surface area contributed by atoms with E-state index in [2.05, 4.69) is 5.32 Å². The Morgan fingerprint density at radius 1 is 1.23 bits per heavy atom. The smallest absolute Gasteiger partial charge is 0.417 e. The Hall–Kier alpha value is -2.96. The molecule has 3 amide bonds. The summed E-state index contributed by atoms with van der Waals surface area (Å²) in [6, 6.07) is 4.78. The highest BCUT2D eigenvalue weighted by atomic mass is 19.4. The molecule has 0 aromatic heterocycles. The van der Waals surface area contributed by atoms with Gasteiger partial charge in [0.25, 0.3) is 0 Å². The number of nitrogens with zero attached hydrogens (tertiary/aromatic N) is 3. The van der Waals surface area contributed by atoms with Gasteiger partial charge in [0.1, 0.15) is 11.9 Å². The third kappa shape index (κ3) is 3.88. The molecular weight excluding hydrogens is 401 g/mol. The Morgan fingerprint density at radius 2 is 1.93 bits per heavy atom. The molecule has 0 bridgehead atoms. The topological polar surface area (TPSA) is 85.7 Å². The van der Waals surface area contributed by atoms with Gasteiger partial charge in [0, 0.05) is 45.4 Å². The molecule has 160 valence electrons. The van der Waals surface area contributed by atoms with Crippen molar-refractivity contribution in [3.05, 3.63) is 29.3 Å². The number of nitrogens with one attached hydrogen (secondary N) is 1. The maximum Gasteiger partial charge on any atom is 0.417 e. The number of carbonyl (C=O) groups excluding carboxylic acids is 2. The summed E-state index contributed by atoms with van der Waals surface area (Å²) >= 11 is 0. The van der Waals surface area contributed by atoms with Gasteiger partial charge in [-0.1, -0.05) is 0 Å². The monoisotopic (exact) mass is 422 g/mol. The lowest BCUT2D eigenvalue weighted by molar-refractivity contribution is -0.138. The number of alkyl halides is 3. The number of likely N-dealkylation sites (tertiary alicyclic amines) is 2. The van der Waals surface area contributed by atoms with Crippen molar-refractivity contribution in [2.75, 3.05) is 26.2 Å². The Kier molecular flexibility index (Phi) is 5.00. The molecule has 1 spiro atoms. The van der Waals surface area contributed by atoms with Gasteiger partial charge in [-0.25, -0.2) is 4.79 Å². The van der Waals surface area contributed by atoms with E-state index in [9.17, 15) is 22.8 Å². The van der Waals surface area contributed by atoms with E-state index in [1.165, 1.54) is 6.07 Å². The minimum Gasteiger partial charge on any atom is -0.490 e. The van der Waals surface area contributed by atoms with Crippen LogP contribution in [0.4, 0.5) is 18.0 Å². The molecule has 3 heterocycles. The molecule has 10 heteroatoms. The number of amides is 3. The van der Waals surface area contributed by atoms with Crippen LogP contribution in [0.25, 0.3) is 0 Å². The molecule has 4 rings (SSSR count). The van der Waals surface area contributed by atoms with E-state index in [0.717, 1.165) is 18.6 Å². The molecule has 1 N–H and O–H groups in total. The van der Waals surface area contributed by atoms with Gasteiger partial charge >= 0.3 is 12.2 Å². The normalized spacial score (nSPS) is 21.2. The highest BCUT2D eigenvalue weighted by Gasteiger charge is 2.50. The van der Waals surface area contributed by atoms with Crippen molar-refractivity contribution in [3.8, 4) is 11.8 Å². The van der Waals surface area contributed by atoms with Gasteiger partial charge < -0.3 is 19.9 Å². The first-order valence-electron chi connectivity index (χ1n) is 9.82. The molecule has 1 aromatic carbocycles. The van der Waals surface area contributed by atoms with Crippen molar-refractivity contribution in [3.63, 3.8) is 0 Å². The number of nitriles is 1. The molecule has 0 atom stereocenters. The van der Waals surface area contributed by atoms with Crippen molar-refractivity contribution in [2.45, 2.75) is 43.5 Å². The maximum absolute atomic E-state index is 13.1. The van der Waals surface area contributed by atoms with Gasteiger partial charge in [-0.05, 0) is 24.6 Å². The largest absolute Gasteiger partial charge is 0.490 e. The van der Waals surface area contributed by atoms with Crippen LogP contribution >= 0.6 is 0 Å². The molecular formula is C20H21F3N4O3. The zero-order chi connectivity index (χ0) is 21.5. The van der Waals surface area contributed by atoms with E-state index in [0.29, 0.717) is 45.4 Å². The fourth-order valence-corrected chi connectivity index (χ4v) is 4.32. The van der Waals surface area contributed by atoms with Gasteiger partial charge in [-0.2, -0.15) is 18.4 Å². The Labute approximate surface area is 171 Å². The number of carbonyl (C=O) groups is 2. The van der Waals surface area contributed by atoms with E-state index in [1.54, 1.807) is 15.9 Å². The van der Waals surface area contributed by atoms with E-state index in [-0.39, 0.29) is 29.3 Å². The number of piperidine rings is 1. The van der Waals surface area contributed by atoms with E-state index >= 15 is 0 Å². The highest BCUT2D eigenvalue weighted by molar-refractivity contribution is 5.82. The van der Waals surface area contributed by atoms with Crippen LogP contribution in [0.15, 0.2) is 18.2 Å². The zero-order valence-corrected chi connectivity index (χ0v) is 16.2. The molecule has 0 aliphatic carbocycles. The lowest BCUT2D eigenvalue weighted by Gasteiger charge is -2.49. The van der Waals surface area contributed by atoms with Crippen LogP contribution in [-0.2, 0) is 11.0 Å². The average Bonchev–Trinajstić information content (AvgIpc) is 3.08. The summed E-state index contributed by atoms with van der Waals surface area (Å²) in [5.41, 5.74) is -1.72. The first kappa shape index (κ1) is 20.3. The second-order valence-corrected chi connectivity index (χ2v) is 8.09. The third-order valence-corrected chi connectivity index (χ3v) is 5.92. The number of benzene rings is 1. The third-order valence-electron chi connectivity index (χ3n) is 5.92. The summed E-state index contributed by atoms with van der Waals surface area (Å²) < 4.78 is 45.0. The molecule has 3 saturated heterocycles. The van der Waals surface area contributed by atoms with Gasteiger partial charge in [0.05, 0.1) is 22.7 Å². The molecule has 3 aliphatic rings. The summed E-state index contributed by atoms with van der Waals surface area (Å²) in [7, 11) is 0. The predicted molar refractivity (Wildman–Crippen MR) is 98.5 cm³/mol. The maximum atomic E-state index is 13.1. The van der Waals surface area contributed by atoms with E-state index < -0.39 is 17.3 Å². The molecule has 0 saturated carbocycles. The first-order valence-corrected chi connectivity index (χ1v) is 9.82. The number of halogens is 3. The van der Waals surface area contributed by atoms with Crippen molar-refractivity contribution in [2.24, 2.45) is 0 Å². The van der Waals surface area contributed by atoms with Crippen molar-refractivity contribution < 1.29 is 27.5 Å². The number of ether oxygens (including phenoxy) is 1. The van der Waals surface area contributed by atoms with Gasteiger partial charge in [0.15, 0.2) is 0 Å². The second kappa shape index (κ2) is 7.38. The fourth-order valence-electron chi connectivity index (χ4n) is 4.32. The molecule has 7 nitrogen and oxygen atoms in total. The van der Waals surface area contributed by atoms with Crippen LogP contribution in [0, 0.1) is 11.3 Å². The summed E-state index contributed by atoms with van der Waals surface area (Å²) in [5.74, 6) is 0.0873. The van der Waals surface area contributed by atoms with Crippen molar-refractivity contribution in [1.29, 1.82) is 5.26 Å². The van der Waals surface area contributed by atoms with Crippen molar-refractivity contribution >= 4 is 11.9 Å². The molecule has 0 radical (unpaired) electrons. The van der Waals surface area contributed by atoms with Gasteiger partial charge in [-0.15, -0.1) is 0 Å². The van der Waals surface area contributed by atoms with Crippen LogP contribution < -0.4 is 10.1 Å². The van der Waals surface area contributed by atoms with Gasteiger partial charge in [0.2, 0.25) is 5.91 Å². The summed E-state index contributed by atoms with van der Waals surface area (Å²) in [4.78, 5) is 27.5. The number of hydrogen-bond donors (Lipinski definition) is 1. The summed E-state index contributed by atoms with van der Waals surface area (Å²) in [6.45, 7) is 1.92. The lowest BCUT2D eigenvalue weighted by atomic mass is 9.88. The number of hydrogen-bond acceptors (Lipinski definition) is 4. The minimum absolute atomic E-state index is 0.0246. The Balaban J connectivity index is 1.30. The predicted octanol–water partition coefficient (Wildman–Crippen LogP) is 2.50. The summed E-state index contributed by atoms with van der Waals surface area (Å²) in [6.07, 6.45) is -2.69. The molecule has 0 unspecified atom stereocenters. The fraction of sp³-hybridized carbons (Fsp3) is 0.550. The highest BCUT2D eigenvalue weighted by Crippen LogP contribution is 2.35. The van der Waals surface area contributed by atoms with E-state index in [4.69, 9.17) is 10.00 Å². The van der Waals surface area contributed by atoms with Crippen LogP contribution in [-0.4, -0.2) is 59.6 Å². The molecule has 3 fully saturated rings. The van der Waals surface area contributed by atoms with Crippen LogP contribution in [0.5, 0.6) is 5.75 Å². The number of rotatable bonds is 2. The molecule has 3 aliphatic heterocycles. The van der Waals surface area contributed by atoms with Crippen LogP contribution in [0.2, 0.25) is 0 Å². The Morgan fingerprint density at radius 3 is 2.50 bits per heavy atom. The minimum atomic E-state index is -4.63. The quantitative estimate of drug-likeness (QED) is 0.794. The first-order chi connectivity index (χ1) is 14.2. The van der Waals surface area contributed by atoms with Gasteiger partial charge in [-0.3, -0.25) is 4.79 Å². The van der Waals surface area contributed by atoms with Crippen molar-refractivity contribution in [1.82, 2.24) is 15.1 Å². The van der Waals surface area contributed by atoms with Crippen LogP contribution in [0.3, 0.4) is 0 Å². The van der Waals surface area contributed by atoms with E-state index in [1.807, 2.05) is 0 Å². The van der Waals surface area contributed by atoms with Crippen LogP contribution in [0.1, 0.15) is 36.8 Å². The Bertz CT molecular complexity index is 898. The second-order valence-electron chi connectivity index (χ2n) is 8.09. The lowest BCUT2D eigenvalue weighted by Crippen LogP contribution is -2.70. The number of urea groups is 1. The standard InChI is InChI=1S/C20H21F3N4O3/c21-20(22,23)16-9-15(2-1-13(16)10-24)30-14-4-7-26(8-5-14)18(29)27-11-19(12-27)6-3-17(28)25-19/h1-2,9,14H,3-8,11-12H2,(H,25,28). The average molecular weight is 422 g/mol. The zero-order valence-electron chi connectivity index (χ0n) is 16.2. The SMILES string of the molecule is N#Cc1ccc(OC2CCN(C(=O)N3CC4(CCC(=O)N4)C3)CC2)cc1C(F)(F)F. The molecule has 1 aromatic rings.